The zero-order chi connectivity index (χ0) is 15.6. The molecule has 0 spiro atoms. The fourth-order valence-electron chi connectivity index (χ4n) is 2.77. The highest BCUT2D eigenvalue weighted by molar-refractivity contribution is 7.90. The van der Waals surface area contributed by atoms with Gasteiger partial charge in [-0.05, 0) is 44.9 Å². The summed E-state index contributed by atoms with van der Waals surface area (Å²) in [5.41, 5.74) is 7.01. The van der Waals surface area contributed by atoms with Crippen LogP contribution in [0.2, 0.25) is 0 Å². The van der Waals surface area contributed by atoms with Gasteiger partial charge < -0.3 is 16.0 Å². The first-order valence-corrected chi connectivity index (χ1v) is 9.24. The normalized spacial score (nSPS) is 20.1. The molecule has 1 atom stereocenters. The molecule has 0 saturated carbocycles. The Labute approximate surface area is 127 Å². The smallest absolute Gasteiger partial charge is 0.177 e. The van der Waals surface area contributed by atoms with Crippen LogP contribution in [0.25, 0.3) is 0 Å². The van der Waals surface area contributed by atoms with E-state index in [2.05, 4.69) is 24.1 Å². The molecule has 1 heterocycles. The Bertz CT molecular complexity index is 599. The lowest BCUT2D eigenvalue weighted by molar-refractivity contribution is 0.266. The van der Waals surface area contributed by atoms with E-state index >= 15 is 0 Å². The Balaban J connectivity index is 2.02. The van der Waals surface area contributed by atoms with Crippen LogP contribution in [-0.4, -0.2) is 45.2 Å². The highest BCUT2D eigenvalue weighted by atomic mass is 32.2. The van der Waals surface area contributed by atoms with Crippen LogP contribution in [0.3, 0.4) is 0 Å². The molecule has 1 aromatic rings. The minimum Gasteiger partial charge on any atom is -0.396 e. The van der Waals surface area contributed by atoms with Gasteiger partial charge in [0.25, 0.3) is 0 Å². The fourth-order valence-corrected chi connectivity index (χ4v) is 3.61. The fraction of sp³-hybridized carbons (Fsp3) is 0.600. The van der Waals surface area contributed by atoms with E-state index in [4.69, 9.17) is 5.73 Å². The summed E-state index contributed by atoms with van der Waals surface area (Å²) in [7, 11) is -3.29. The summed E-state index contributed by atoms with van der Waals surface area (Å²) in [6, 6.07) is 5.68. The van der Waals surface area contributed by atoms with Crippen molar-refractivity contribution >= 4 is 21.2 Å². The molecule has 0 radical (unpaired) electrons. The summed E-state index contributed by atoms with van der Waals surface area (Å²) < 4.78 is 23.3. The van der Waals surface area contributed by atoms with Gasteiger partial charge >= 0.3 is 0 Å². The molecule has 6 heteroatoms. The van der Waals surface area contributed by atoms with Crippen molar-refractivity contribution in [1.29, 1.82) is 0 Å². The maximum absolute atomic E-state index is 11.7. The van der Waals surface area contributed by atoms with E-state index in [1.807, 2.05) is 6.07 Å². The van der Waals surface area contributed by atoms with Crippen LogP contribution < -0.4 is 11.1 Å². The number of nitrogens with one attached hydrogen (secondary N) is 1. The summed E-state index contributed by atoms with van der Waals surface area (Å²) in [4.78, 5) is 2.66. The maximum Gasteiger partial charge on any atom is 0.177 e. The van der Waals surface area contributed by atoms with E-state index in [0.29, 0.717) is 23.3 Å². The van der Waals surface area contributed by atoms with Crippen LogP contribution in [0, 0.1) is 5.92 Å². The Morgan fingerprint density at radius 2 is 2.14 bits per heavy atom. The monoisotopic (exact) mass is 311 g/mol. The lowest BCUT2D eigenvalue weighted by Crippen LogP contribution is -2.29. The van der Waals surface area contributed by atoms with Crippen LogP contribution in [0.1, 0.15) is 20.3 Å². The van der Waals surface area contributed by atoms with Crippen molar-refractivity contribution in [2.75, 3.05) is 36.9 Å². The average molecular weight is 311 g/mol. The van der Waals surface area contributed by atoms with E-state index in [0.717, 1.165) is 26.1 Å². The molecule has 21 heavy (non-hydrogen) atoms. The molecule has 0 amide bonds. The molecule has 1 aromatic carbocycles. The molecular weight excluding hydrogens is 286 g/mol. The Kier molecular flexibility index (Phi) is 4.78. The number of para-hydroxylation sites is 1. The summed E-state index contributed by atoms with van der Waals surface area (Å²) in [5, 5.41) is 3.31. The summed E-state index contributed by atoms with van der Waals surface area (Å²) in [6.07, 6.45) is 2.34. The number of hydrogen-bond donors (Lipinski definition) is 2. The number of nitrogens with zero attached hydrogens (tertiary/aromatic N) is 1. The number of rotatable bonds is 5. The van der Waals surface area contributed by atoms with Gasteiger partial charge in [0.15, 0.2) is 9.84 Å². The second kappa shape index (κ2) is 6.23. The predicted molar refractivity (Wildman–Crippen MR) is 87.3 cm³/mol. The first kappa shape index (κ1) is 16.1. The minimum absolute atomic E-state index is 0.197. The first-order chi connectivity index (χ1) is 9.79. The van der Waals surface area contributed by atoms with Crippen molar-refractivity contribution in [1.82, 2.24) is 4.90 Å². The van der Waals surface area contributed by atoms with Gasteiger partial charge in [0, 0.05) is 25.4 Å². The summed E-state index contributed by atoms with van der Waals surface area (Å²) in [5.74, 6) is 0.577. The largest absolute Gasteiger partial charge is 0.396 e. The van der Waals surface area contributed by atoms with Gasteiger partial charge in [-0.2, -0.15) is 0 Å². The molecule has 1 saturated heterocycles. The number of likely N-dealkylation sites (tertiary alicyclic amines) is 1. The average Bonchev–Trinajstić information content (AvgIpc) is 2.85. The highest BCUT2D eigenvalue weighted by Crippen LogP contribution is 2.27. The second-order valence-corrected chi connectivity index (χ2v) is 8.10. The van der Waals surface area contributed by atoms with Crippen LogP contribution in [-0.2, 0) is 9.84 Å². The third kappa shape index (κ3) is 3.89. The van der Waals surface area contributed by atoms with Crippen LogP contribution in [0.4, 0.5) is 11.4 Å². The van der Waals surface area contributed by atoms with Crippen molar-refractivity contribution in [2.45, 2.75) is 31.2 Å². The molecule has 1 aliphatic rings. The van der Waals surface area contributed by atoms with Gasteiger partial charge in [-0.15, -0.1) is 0 Å². The molecule has 1 aliphatic heterocycles. The molecule has 1 unspecified atom stereocenters. The van der Waals surface area contributed by atoms with Gasteiger partial charge in [-0.3, -0.25) is 0 Å². The molecular formula is C15H25N3O2S. The molecule has 118 valence electrons. The van der Waals surface area contributed by atoms with E-state index < -0.39 is 9.84 Å². The van der Waals surface area contributed by atoms with Crippen LogP contribution >= 0.6 is 0 Å². The molecule has 5 nitrogen and oxygen atoms in total. The first-order valence-electron chi connectivity index (χ1n) is 7.35. The number of sulfone groups is 1. The van der Waals surface area contributed by atoms with E-state index in [1.165, 1.54) is 6.26 Å². The van der Waals surface area contributed by atoms with Gasteiger partial charge in [-0.25, -0.2) is 8.42 Å². The minimum atomic E-state index is -3.29. The van der Waals surface area contributed by atoms with Crippen molar-refractivity contribution in [3.63, 3.8) is 0 Å². The third-order valence-corrected chi connectivity index (χ3v) is 5.25. The van der Waals surface area contributed by atoms with Gasteiger partial charge in [-0.1, -0.05) is 6.07 Å². The number of benzene rings is 1. The zero-order valence-corrected chi connectivity index (χ0v) is 13.8. The quantitative estimate of drug-likeness (QED) is 0.811. The number of hydrogen-bond acceptors (Lipinski definition) is 5. The molecule has 3 N–H and O–H groups in total. The van der Waals surface area contributed by atoms with E-state index in [-0.39, 0.29) is 4.90 Å². The molecule has 0 aromatic heterocycles. The third-order valence-electron chi connectivity index (χ3n) is 4.09. The zero-order valence-electron chi connectivity index (χ0n) is 13.0. The standard InChI is InChI=1S/C15H25N3O2S/c1-11(2)18-8-7-12(10-18)9-17-13-5-4-6-14(15(13)16)21(3,19)20/h4-6,11-12,17H,7-10,16H2,1-3H3. The number of anilines is 2. The van der Waals surface area contributed by atoms with Gasteiger partial charge in [0.05, 0.1) is 16.3 Å². The van der Waals surface area contributed by atoms with Gasteiger partial charge in [0.2, 0.25) is 0 Å². The lowest BCUT2D eigenvalue weighted by Gasteiger charge is -2.20. The molecule has 0 aliphatic carbocycles. The van der Waals surface area contributed by atoms with Gasteiger partial charge in [0.1, 0.15) is 0 Å². The number of nitrogens with two attached hydrogens (primary N) is 1. The van der Waals surface area contributed by atoms with E-state index in [9.17, 15) is 8.42 Å². The van der Waals surface area contributed by atoms with Crippen molar-refractivity contribution in [2.24, 2.45) is 5.92 Å². The SMILES string of the molecule is CC(C)N1CCC(CNc2cccc(S(C)(=O)=O)c2N)C1. The van der Waals surface area contributed by atoms with E-state index in [1.54, 1.807) is 12.1 Å². The second-order valence-electron chi connectivity index (χ2n) is 6.11. The topological polar surface area (TPSA) is 75.4 Å². The molecule has 1 fully saturated rings. The lowest BCUT2D eigenvalue weighted by atomic mass is 10.1. The highest BCUT2D eigenvalue weighted by Gasteiger charge is 2.24. The Hall–Kier alpha value is -1.27. The molecule has 2 rings (SSSR count). The molecule has 0 bridgehead atoms. The van der Waals surface area contributed by atoms with Crippen LogP contribution in [0.5, 0.6) is 0 Å². The number of nitrogen functional groups attached to an aromatic ring is 1. The van der Waals surface area contributed by atoms with Crippen molar-refractivity contribution in [3.05, 3.63) is 18.2 Å². The summed E-state index contributed by atoms with van der Waals surface area (Å²) >= 11 is 0. The Morgan fingerprint density at radius 1 is 1.43 bits per heavy atom. The van der Waals surface area contributed by atoms with Crippen molar-refractivity contribution < 1.29 is 8.42 Å². The predicted octanol–water partition coefficient (Wildman–Crippen LogP) is 1.81. The Morgan fingerprint density at radius 3 is 2.71 bits per heavy atom. The summed E-state index contributed by atoms with van der Waals surface area (Å²) in [6.45, 7) is 7.45. The van der Waals surface area contributed by atoms with Crippen LogP contribution in [0.15, 0.2) is 23.1 Å². The maximum atomic E-state index is 11.7. The van der Waals surface area contributed by atoms with Crippen molar-refractivity contribution in [3.8, 4) is 0 Å².